The van der Waals surface area contributed by atoms with Crippen LogP contribution in [0.25, 0.3) is 0 Å². The maximum atomic E-state index is 3.77. The van der Waals surface area contributed by atoms with Gasteiger partial charge in [-0.25, -0.2) is 0 Å². The van der Waals surface area contributed by atoms with Crippen molar-refractivity contribution >= 4 is 0 Å². The molecule has 0 bridgehead atoms. The highest BCUT2D eigenvalue weighted by Gasteiger charge is 1.99. The first kappa shape index (κ1) is 15.4. The van der Waals surface area contributed by atoms with Crippen LogP contribution in [0.4, 0.5) is 0 Å². The molecule has 0 aromatic rings. The molecule has 0 aliphatic heterocycles. The molecule has 0 rings (SSSR count). The van der Waals surface area contributed by atoms with E-state index >= 15 is 0 Å². The standard InChI is InChI=1S/C14H28N2/c1-5-11-16(12-6-2)13-9-7-8-10-15-14(3)4/h5-6,14-15H,1-2,7-13H2,3-4H3. The van der Waals surface area contributed by atoms with Gasteiger partial charge in [0.2, 0.25) is 0 Å². The molecule has 2 heteroatoms. The maximum Gasteiger partial charge on any atom is 0.0163 e. The third-order valence-electron chi connectivity index (χ3n) is 2.48. The molecule has 0 aromatic carbocycles. The van der Waals surface area contributed by atoms with Crippen molar-refractivity contribution in [3.8, 4) is 0 Å². The van der Waals surface area contributed by atoms with E-state index in [0.29, 0.717) is 6.04 Å². The molecule has 94 valence electrons. The highest BCUT2D eigenvalue weighted by Crippen LogP contribution is 1.99. The second-order valence-electron chi connectivity index (χ2n) is 4.51. The van der Waals surface area contributed by atoms with Gasteiger partial charge in [0.05, 0.1) is 0 Å². The summed E-state index contributed by atoms with van der Waals surface area (Å²) in [4.78, 5) is 2.37. The van der Waals surface area contributed by atoms with Gasteiger partial charge in [0.25, 0.3) is 0 Å². The van der Waals surface area contributed by atoms with Crippen LogP contribution in [0.2, 0.25) is 0 Å². The molecule has 0 aromatic heterocycles. The first-order valence-corrected chi connectivity index (χ1v) is 6.38. The summed E-state index contributed by atoms with van der Waals surface area (Å²) in [7, 11) is 0. The van der Waals surface area contributed by atoms with Crippen LogP contribution in [0.5, 0.6) is 0 Å². The van der Waals surface area contributed by atoms with Gasteiger partial charge in [-0.2, -0.15) is 0 Å². The Morgan fingerprint density at radius 2 is 1.69 bits per heavy atom. The maximum absolute atomic E-state index is 3.77. The molecule has 0 spiro atoms. The van der Waals surface area contributed by atoms with E-state index in [1.807, 2.05) is 12.2 Å². The Hall–Kier alpha value is -0.600. The topological polar surface area (TPSA) is 15.3 Å². The van der Waals surface area contributed by atoms with Gasteiger partial charge >= 0.3 is 0 Å². The van der Waals surface area contributed by atoms with Crippen molar-refractivity contribution in [3.63, 3.8) is 0 Å². The zero-order valence-corrected chi connectivity index (χ0v) is 11.0. The Morgan fingerprint density at radius 1 is 1.06 bits per heavy atom. The van der Waals surface area contributed by atoms with Gasteiger partial charge in [-0.3, -0.25) is 4.90 Å². The van der Waals surface area contributed by atoms with Gasteiger partial charge in [-0.15, -0.1) is 13.2 Å². The van der Waals surface area contributed by atoms with Crippen LogP contribution < -0.4 is 5.32 Å². The van der Waals surface area contributed by atoms with Gasteiger partial charge in [0.1, 0.15) is 0 Å². The minimum atomic E-state index is 0.609. The summed E-state index contributed by atoms with van der Waals surface area (Å²) in [6.07, 6.45) is 7.76. The average molecular weight is 224 g/mol. The SMILES string of the molecule is C=CCN(CC=C)CCCCCNC(C)C. The van der Waals surface area contributed by atoms with Crippen molar-refractivity contribution in [2.24, 2.45) is 0 Å². The molecule has 0 radical (unpaired) electrons. The molecule has 0 saturated heterocycles. The fraction of sp³-hybridized carbons (Fsp3) is 0.714. The molecular weight excluding hydrogens is 196 g/mol. The lowest BCUT2D eigenvalue weighted by Gasteiger charge is -2.18. The van der Waals surface area contributed by atoms with Crippen molar-refractivity contribution in [3.05, 3.63) is 25.3 Å². The van der Waals surface area contributed by atoms with E-state index in [1.165, 1.54) is 19.3 Å². The van der Waals surface area contributed by atoms with Crippen LogP contribution in [0.3, 0.4) is 0 Å². The summed E-state index contributed by atoms with van der Waals surface area (Å²) in [5, 5.41) is 3.44. The van der Waals surface area contributed by atoms with E-state index in [2.05, 4.69) is 37.2 Å². The molecular formula is C14H28N2. The molecule has 0 fully saturated rings. The normalized spacial score (nSPS) is 11.0. The number of nitrogens with one attached hydrogen (secondary N) is 1. The molecule has 0 heterocycles. The van der Waals surface area contributed by atoms with Crippen LogP contribution in [-0.4, -0.2) is 37.1 Å². The van der Waals surface area contributed by atoms with E-state index in [-0.39, 0.29) is 0 Å². The van der Waals surface area contributed by atoms with Crippen molar-refractivity contribution < 1.29 is 0 Å². The third-order valence-corrected chi connectivity index (χ3v) is 2.48. The average Bonchev–Trinajstić information content (AvgIpc) is 2.23. The molecule has 2 nitrogen and oxygen atoms in total. The molecule has 16 heavy (non-hydrogen) atoms. The molecule has 0 saturated carbocycles. The van der Waals surface area contributed by atoms with Crippen LogP contribution >= 0.6 is 0 Å². The summed E-state index contributed by atoms with van der Waals surface area (Å²) in [5.41, 5.74) is 0. The van der Waals surface area contributed by atoms with Crippen LogP contribution in [0.1, 0.15) is 33.1 Å². The lowest BCUT2D eigenvalue weighted by Crippen LogP contribution is -2.26. The summed E-state index contributed by atoms with van der Waals surface area (Å²) in [5.74, 6) is 0. The minimum Gasteiger partial charge on any atom is -0.315 e. The molecule has 0 aliphatic rings. The number of hydrogen-bond donors (Lipinski definition) is 1. The molecule has 0 atom stereocenters. The van der Waals surface area contributed by atoms with Crippen molar-refractivity contribution in [2.75, 3.05) is 26.2 Å². The molecule has 0 amide bonds. The highest BCUT2D eigenvalue weighted by atomic mass is 15.1. The van der Waals surface area contributed by atoms with E-state index in [4.69, 9.17) is 0 Å². The zero-order valence-electron chi connectivity index (χ0n) is 11.0. The van der Waals surface area contributed by atoms with Crippen molar-refractivity contribution in [2.45, 2.75) is 39.2 Å². The Bertz CT molecular complexity index is 166. The Labute approximate surface area is 101 Å². The Kier molecular flexibility index (Phi) is 10.5. The zero-order chi connectivity index (χ0) is 12.2. The monoisotopic (exact) mass is 224 g/mol. The lowest BCUT2D eigenvalue weighted by atomic mass is 10.2. The number of unbranched alkanes of at least 4 members (excludes halogenated alkanes) is 2. The summed E-state index contributed by atoms with van der Waals surface area (Å²) in [6, 6.07) is 0.609. The number of hydrogen-bond acceptors (Lipinski definition) is 2. The smallest absolute Gasteiger partial charge is 0.0163 e. The first-order valence-electron chi connectivity index (χ1n) is 6.38. The van der Waals surface area contributed by atoms with E-state index in [0.717, 1.165) is 26.2 Å². The largest absolute Gasteiger partial charge is 0.315 e. The molecule has 0 aliphatic carbocycles. The lowest BCUT2D eigenvalue weighted by molar-refractivity contribution is 0.324. The van der Waals surface area contributed by atoms with Gasteiger partial charge in [-0.05, 0) is 25.9 Å². The van der Waals surface area contributed by atoms with Gasteiger partial charge in [0.15, 0.2) is 0 Å². The van der Waals surface area contributed by atoms with Crippen LogP contribution in [0.15, 0.2) is 25.3 Å². The fourth-order valence-corrected chi connectivity index (χ4v) is 1.65. The van der Waals surface area contributed by atoms with Crippen molar-refractivity contribution in [1.29, 1.82) is 0 Å². The fourth-order valence-electron chi connectivity index (χ4n) is 1.65. The predicted molar refractivity (Wildman–Crippen MR) is 73.8 cm³/mol. The van der Waals surface area contributed by atoms with Crippen LogP contribution in [0, 0.1) is 0 Å². The molecule has 1 N–H and O–H groups in total. The summed E-state index contributed by atoms with van der Waals surface area (Å²) in [6.45, 7) is 16.2. The van der Waals surface area contributed by atoms with E-state index in [9.17, 15) is 0 Å². The Balaban J connectivity index is 3.39. The number of rotatable bonds is 11. The van der Waals surface area contributed by atoms with E-state index in [1.54, 1.807) is 0 Å². The minimum absolute atomic E-state index is 0.609. The second-order valence-corrected chi connectivity index (χ2v) is 4.51. The van der Waals surface area contributed by atoms with Crippen molar-refractivity contribution in [1.82, 2.24) is 10.2 Å². The predicted octanol–water partition coefficient (Wildman–Crippen LogP) is 2.83. The third kappa shape index (κ3) is 9.94. The number of nitrogens with zero attached hydrogens (tertiary/aromatic N) is 1. The quantitative estimate of drug-likeness (QED) is 0.429. The highest BCUT2D eigenvalue weighted by molar-refractivity contribution is 4.79. The van der Waals surface area contributed by atoms with Gasteiger partial charge < -0.3 is 5.32 Å². The van der Waals surface area contributed by atoms with Gasteiger partial charge in [0, 0.05) is 19.1 Å². The summed E-state index contributed by atoms with van der Waals surface area (Å²) < 4.78 is 0. The second kappa shape index (κ2) is 10.9. The molecule has 0 unspecified atom stereocenters. The van der Waals surface area contributed by atoms with Gasteiger partial charge in [-0.1, -0.05) is 32.4 Å². The van der Waals surface area contributed by atoms with Crippen LogP contribution in [-0.2, 0) is 0 Å². The first-order chi connectivity index (χ1) is 7.70. The summed E-state index contributed by atoms with van der Waals surface area (Å²) >= 11 is 0. The Morgan fingerprint density at radius 3 is 2.19 bits per heavy atom. The van der Waals surface area contributed by atoms with E-state index < -0.39 is 0 Å².